The van der Waals surface area contributed by atoms with Crippen LogP contribution in [0.5, 0.6) is 0 Å². The van der Waals surface area contributed by atoms with Gasteiger partial charge in [0, 0.05) is 5.56 Å². The monoisotopic (exact) mass is 340 g/mol. The van der Waals surface area contributed by atoms with Crippen LogP contribution in [0.15, 0.2) is 48.5 Å². The Morgan fingerprint density at radius 2 is 1.24 bits per heavy atom. The van der Waals surface area contributed by atoms with Crippen LogP contribution < -0.4 is 5.73 Å². The highest BCUT2D eigenvalue weighted by molar-refractivity contribution is 5.92. The Balaban J connectivity index is 0.000000251. The summed E-state index contributed by atoms with van der Waals surface area (Å²) in [6.45, 7) is 6.66. The number of carbonyl (C=O) groups excluding carboxylic acids is 1. The number of benzene rings is 2. The van der Waals surface area contributed by atoms with E-state index in [4.69, 9.17) is 22.5 Å². The average molecular weight is 340 g/mol. The topological polar surface area (TPSA) is 122 Å². The molecular weight excluding hydrogens is 324 g/mol. The SMILES string of the molecule is NC(=O)c1ccc(CC(=O)O)cc1.[C-]#[N+]c1ccc(CC(=O)O)cc1. The van der Waals surface area contributed by atoms with Gasteiger partial charge in [0.2, 0.25) is 5.91 Å². The lowest BCUT2D eigenvalue weighted by atomic mass is 10.1. The fourth-order valence-electron chi connectivity index (χ4n) is 1.82. The van der Waals surface area contributed by atoms with Gasteiger partial charge >= 0.3 is 11.9 Å². The van der Waals surface area contributed by atoms with Crippen LogP contribution in [0.1, 0.15) is 21.5 Å². The molecule has 0 atom stereocenters. The number of aliphatic carboxylic acids is 2. The molecule has 0 aliphatic carbocycles. The third-order valence-corrected chi connectivity index (χ3v) is 3.01. The Labute approximate surface area is 144 Å². The van der Waals surface area contributed by atoms with Gasteiger partial charge in [0.15, 0.2) is 5.69 Å². The summed E-state index contributed by atoms with van der Waals surface area (Å²) in [7, 11) is 0. The van der Waals surface area contributed by atoms with Crippen molar-refractivity contribution in [2.45, 2.75) is 12.8 Å². The number of carbonyl (C=O) groups is 3. The van der Waals surface area contributed by atoms with E-state index in [1.165, 1.54) is 12.1 Å². The molecule has 0 heterocycles. The van der Waals surface area contributed by atoms with E-state index in [-0.39, 0.29) is 12.8 Å². The van der Waals surface area contributed by atoms with Gasteiger partial charge in [0.25, 0.3) is 0 Å². The van der Waals surface area contributed by atoms with Crippen LogP contribution in [0.25, 0.3) is 4.85 Å². The number of hydrogen-bond acceptors (Lipinski definition) is 3. The maximum atomic E-state index is 10.6. The van der Waals surface area contributed by atoms with Crippen molar-refractivity contribution in [1.29, 1.82) is 0 Å². The lowest BCUT2D eigenvalue weighted by molar-refractivity contribution is -0.137. The minimum absolute atomic E-state index is 0.0122. The van der Waals surface area contributed by atoms with E-state index in [2.05, 4.69) is 4.85 Å². The second kappa shape index (κ2) is 9.47. The molecule has 0 bridgehead atoms. The first-order valence-electron chi connectivity index (χ1n) is 7.10. The number of hydrogen-bond donors (Lipinski definition) is 3. The van der Waals surface area contributed by atoms with E-state index in [1.807, 2.05) is 0 Å². The first kappa shape index (κ1) is 19.4. The van der Waals surface area contributed by atoms with Gasteiger partial charge in [-0.1, -0.05) is 36.4 Å². The maximum Gasteiger partial charge on any atom is 0.307 e. The summed E-state index contributed by atoms with van der Waals surface area (Å²) in [5.74, 6) is -2.26. The minimum atomic E-state index is -0.896. The van der Waals surface area contributed by atoms with Gasteiger partial charge in [-0.2, -0.15) is 0 Å². The van der Waals surface area contributed by atoms with Crippen LogP contribution in [-0.2, 0) is 22.4 Å². The lowest BCUT2D eigenvalue weighted by Gasteiger charge is -1.97. The molecule has 0 aliphatic heterocycles. The third kappa shape index (κ3) is 7.43. The van der Waals surface area contributed by atoms with Gasteiger partial charge in [-0.25, -0.2) is 4.85 Å². The van der Waals surface area contributed by atoms with Crippen molar-refractivity contribution in [2.75, 3.05) is 0 Å². The van der Waals surface area contributed by atoms with Crippen molar-refractivity contribution in [1.82, 2.24) is 0 Å². The molecule has 7 heteroatoms. The van der Waals surface area contributed by atoms with Crippen LogP contribution >= 0.6 is 0 Å². The highest BCUT2D eigenvalue weighted by Crippen LogP contribution is 2.12. The largest absolute Gasteiger partial charge is 0.481 e. The summed E-state index contributed by atoms with van der Waals surface area (Å²) in [4.78, 5) is 34.4. The van der Waals surface area contributed by atoms with E-state index in [9.17, 15) is 14.4 Å². The maximum absolute atomic E-state index is 10.6. The number of amides is 1. The molecule has 0 radical (unpaired) electrons. The van der Waals surface area contributed by atoms with Gasteiger partial charge in [0.1, 0.15) is 0 Å². The van der Waals surface area contributed by atoms with Gasteiger partial charge in [-0.15, -0.1) is 0 Å². The molecule has 0 fully saturated rings. The third-order valence-electron chi connectivity index (χ3n) is 3.01. The van der Waals surface area contributed by atoms with Crippen molar-refractivity contribution in [3.63, 3.8) is 0 Å². The van der Waals surface area contributed by atoms with Crippen molar-refractivity contribution in [3.05, 3.63) is 76.6 Å². The van der Waals surface area contributed by atoms with Gasteiger partial charge in [0.05, 0.1) is 19.4 Å². The van der Waals surface area contributed by atoms with E-state index in [0.29, 0.717) is 16.8 Å². The fraction of sp³-hybridized carbons (Fsp3) is 0.111. The summed E-state index contributed by atoms with van der Waals surface area (Å²) in [6.07, 6.45) is -0.0304. The number of nitrogens with zero attached hydrogens (tertiary/aromatic N) is 1. The second-order valence-electron chi connectivity index (χ2n) is 4.98. The van der Waals surface area contributed by atoms with Crippen molar-refractivity contribution >= 4 is 23.5 Å². The summed E-state index contributed by atoms with van der Waals surface area (Å²) in [5.41, 5.74) is 7.29. The zero-order valence-corrected chi connectivity index (χ0v) is 13.2. The molecule has 0 saturated heterocycles. The molecule has 0 unspecified atom stereocenters. The Bertz CT molecular complexity index is 790. The quantitative estimate of drug-likeness (QED) is 0.721. The van der Waals surface area contributed by atoms with Crippen LogP contribution in [0.2, 0.25) is 0 Å². The molecule has 4 N–H and O–H groups in total. The van der Waals surface area contributed by atoms with E-state index in [1.54, 1.807) is 36.4 Å². The van der Waals surface area contributed by atoms with E-state index < -0.39 is 17.8 Å². The Kier molecular flexibility index (Phi) is 7.35. The summed E-state index contributed by atoms with van der Waals surface area (Å²) in [6, 6.07) is 12.7. The molecule has 25 heavy (non-hydrogen) atoms. The van der Waals surface area contributed by atoms with Crippen LogP contribution in [-0.4, -0.2) is 28.1 Å². The summed E-state index contributed by atoms with van der Waals surface area (Å²) < 4.78 is 0. The first-order valence-corrected chi connectivity index (χ1v) is 7.10. The smallest absolute Gasteiger partial charge is 0.307 e. The lowest BCUT2D eigenvalue weighted by Crippen LogP contribution is -2.10. The highest BCUT2D eigenvalue weighted by Gasteiger charge is 2.02. The molecule has 0 aromatic heterocycles. The summed E-state index contributed by atoms with van der Waals surface area (Å²) in [5, 5.41) is 16.9. The van der Waals surface area contributed by atoms with Crippen LogP contribution in [0.4, 0.5) is 5.69 Å². The van der Waals surface area contributed by atoms with Crippen molar-refractivity contribution in [3.8, 4) is 0 Å². The number of primary amides is 1. The Hall–Kier alpha value is -3.66. The zero-order chi connectivity index (χ0) is 18.8. The molecule has 1 amide bonds. The molecule has 2 aromatic rings. The molecule has 128 valence electrons. The van der Waals surface area contributed by atoms with Crippen LogP contribution in [0.3, 0.4) is 0 Å². The zero-order valence-electron chi connectivity index (χ0n) is 13.2. The molecule has 0 saturated carbocycles. The fourth-order valence-corrected chi connectivity index (χ4v) is 1.82. The van der Waals surface area contributed by atoms with Crippen molar-refractivity contribution < 1.29 is 24.6 Å². The number of carboxylic acids is 2. The van der Waals surface area contributed by atoms with Gasteiger partial charge < -0.3 is 15.9 Å². The Morgan fingerprint density at radius 1 is 0.840 bits per heavy atom. The number of carboxylic acid groups (broad SMARTS) is 2. The highest BCUT2D eigenvalue weighted by atomic mass is 16.4. The van der Waals surface area contributed by atoms with Crippen molar-refractivity contribution in [2.24, 2.45) is 5.73 Å². The molecule has 2 rings (SSSR count). The molecule has 0 aliphatic rings. The van der Waals surface area contributed by atoms with E-state index >= 15 is 0 Å². The number of nitrogens with two attached hydrogens (primary N) is 1. The average Bonchev–Trinajstić information content (AvgIpc) is 2.55. The second-order valence-corrected chi connectivity index (χ2v) is 4.98. The standard InChI is InChI=1S/C9H9NO3.C9H7NO2/c10-9(13)7-3-1-6(2-4-7)5-8(11)12;1-10-8-4-2-7(3-5-8)6-9(11)12/h1-4H,5H2,(H2,10,13)(H,11,12);2-5H,6H2,(H,11,12). The van der Waals surface area contributed by atoms with Gasteiger partial charge in [-0.3, -0.25) is 14.4 Å². The normalized spacial score (nSPS) is 9.24. The predicted octanol–water partition coefficient (Wildman–Crippen LogP) is 2.28. The summed E-state index contributed by atoms with van der Waals surface area (Å²) >= 11 is 0. The molecule has 7 nitrogen and oxygen atoms in total. The Morgan fingerprint density at radius 3 is 1.56 bits per heavy atom. The van der Waals surface area contributed by atoms with E-state index in [0.717, 1.165) is 5.56 Å². The number of rotatable bonds is 5. The first-order chi connectivity index (χ1) is 11.8. The predicted molar refractivity (Wildman–Crippen MR) is 90.3 cm³/mol. The molecule has 2 aromatic carbocycles. The molecule has 0 spiro atoms. The van der Waals surface area contributed by atoms with Gasteiger partial charge in [-0.05, 0) is 23.3 Å². The minimum Gasteiger partial charge on any atom is -0.481 e. The van der Waals surface area contributed by atoms with Crippen LogP contribution in [0, 0.1) is 6.57 Å². The molecular formula is C18H16N2O5.